The molecule has 0 saturated carbocycles. The molecule has 2 heterocycles. The van der Waals surface area contributed by atoms with Crippen molar-refractivity contribution < 1.29 is 0 Å². The van der Waals surface area contributed by atoms with Gasteiger partial charge in [-0.25, -0.2) is 0 Å². The van der Waals surface area contributed by atoms with Gasteiger partial charge in [-0.1, -0.05) is 70.0 Å². The number of hydrogen-bond acceptors (Lipinski definition) is 1. The van der Waals surface area contributed by atoms with Gasteiger partial charge in [-0.15, -0.1) is 0 Å². The fourth-order valence-electron chi connectivity index (χ4n) is 4.13. The number of fused-ring (bicyclic) bond motifs is 3. The van der Waals surface area contributed by atoms with E-state index in [9.17, 15) is 0 Å². The molecular weight excluding hydrogens is 420 g/mol. The van der Waals surface area contributed by atoms with E-state index in [0.717, 1.165) is 16.0 Å². The van der Waals surface area contributed by atoms with Crippen LogP contribution in [0.25, 0.3) is 10.9 Å². The molecule has 0 bridgehead atoms. The molecule has 1 aliphatic rings. The second kappa shape index (κ2) is 6.83. The van der Waals surface area contributed by atoms with Crippen LogP contribution in [0.15, 0.2) is 77.3 Å². The Hall–Kier alpha value is -2.07. The molecule has 2 N–H and O–H groups in total. The van der Waals surface area contributed by atoms with Crippen LogP contribution in [0.3, 0.4) is 0 Å². The van der Waals surface area contributed by atoms with Gasteiger partial charge in [0.15, 0.2) is 0 Å². The molecule has 4 heteroatoms. The Morgan fingerprint density at radius 3 is 2.33 bits per heavy atom. The molecule has 2 nitrogen and oxygen atoms in total. The lowest BCUT2D eigenvalue weighted by Crippen LogP contribution is -2.34. The molecule has 3 aromatic carbocycles. The third-order valence-electron chi connectivity index (χ3n) is 5.42. The highest BCUT2D eigenvalue weighted by Gasteiger charge is 2.32. The fraction of sp³-hybridized carbons (Fsp3) is 0.130. The van der Waals surface area contributed by atoms with Crippen molar-refractivity contribution in [3.8, 4) is 0 Å². The van der Waals surface area contributed by atoms with Gasteiger partial charge < -0.3 is 10.3 Å². The van der Waals surface area contributed by atoms with Gasteiger partial charge in [-0.2, -0.15) is 0 Å². The first kappa shape index (κ1) is 17.1. The van der Waals surface area contributed by atoms with Crippen LogP contribution in [-0.4, -0.2) is 11.5 Å². The summed E-state index contributed by atoms with van der Waals surface area (Å²) in [5, 5.41) is 5.84. The Bertz CT molecular complexity index is 1100. The molecule has 5 rings (SSSR count). The van der Waals surface area contributed by atoms with Crippen molar-refractivity contribution in [2.75, 3.05) is 6.54 Å². The second-order valence-corrected chi connectivity index (χ2v) is 8.35. The molecule has 0 amide bonds. The monoisotopic (exact) mass is 436 g/mol. The van der Waals surface area contributed by atoms with Crippen molar-refractivity contribution in [1.82, 2.24) is 10.3 Å². The van der Waals surface area contributed by atoms with Crippen LogP contribution in [0, 0.1) is 0 Å². The zero-order valence-electron chi connectivity index (χ0n) is 14.5. The molecule has 2 atom stereocenters. The van der Waals surface area contributed by atoms with Crippen molar-refractivity contribution in [2.45, 2.75) is 12.0 Å². The Morgan fingerprint density at radius 2 is 1.56 bits per heavy atom. The first-order valence-corrected chi connectivity index (χ1v) is 10.2. The minimum Gasteiger partial charge on any atom is -0.358 e. The van der Waals surface area contributed by atoms with Crippen LogP contribution in [0.2, 0.25) is 5.02 Å². The largest absolute Gasteiger partial charge is 0.358 e. The number of halogens is 2. The number of H-pyrrole nitrogens is 1. The Kier molecular flexibility index (Phi) is 4.31. The number of aromatic amines is 1. The van der Waals surface area contributed by atoms with Crippen molar-refractivity contribution in [1.29, 1.82) is 0 Å². The molecule has 0 spiro atoms. The van der Waals surface area contributed by atoms with Crippen LogP contribution in [0.1, 0.15) is 34.3 Å². The summed E-state index contributed by atoms with van der Waals surface area (Å²) < 4.78 is 1.10. The predicted octanol–water partition coefficient (Wildman–Crippen LogP) is 6.41. The summed E-state index contributed by atoms with van der Waals surface area (Å²) in [5.74, 6) is 0.274. The Morgan fingerprint density at radius 1 is 0.852 bits per heavy atom. The number of hydrogen-bond donors (Lipinski definition) is 2. The van der Waals surface area contributed by atoms with Gasteiger partial charge in [0, 0.05) is 44.1 Å². The normalized spacial score (nSPS) is 19.2. The number of rotatable bonds is 2. The third-order valence-corrected chi connectivity index (χ3v) is 6.20. The highest BCUT2D eigenvalue weighted by molar-refractivity contribution is 9.10. The Labute approximate surface area is 171 Å². The van der Waals surface area contributed by atoms with Gasteiger partial charge in [0.25, 0.3) is 0 Å². The number of benzene rings is 3. The first-order chi connectivity index (χ1) is 13.2. The maximum absolute atomic E-state index is 6.10. The van der Waals surface area contributed by atoms with Gasteiger partial charge >= 0.3 is 0 Å². The lowest BCUT2D eigenvalue weighted by atomic mass is 9.84. The van der Waals surface area contributed by atoms with E-state index in [1.807, 2.05) is 12.1 Å². The fourth-order valence-corrected chi connectivity index (χ4v) is 4.52. The Balaban J connectivity index is 1.69. The van der Waals surface area contributed by atoms with E-state index < -0.39 is 0 Å². The molecule has 134 valence electrons. The van der Waals surface area contributed by atoms with E-state index in [1.165, 1.54) is 33.3 Å². The molecule has 27 heavy (non-hydrogen) atoms. The highest BCUT2D eigenvalue weighted by Crippen LogP contribution is 2.41. The van der Waals surface area contributed by atoms with Gasteiger partial charge in [0.05, 0.1) is 6.04 Å². The predicted molar refractivity (Wildman–Crippen MR) is 116 cm³/mol. The molecular formula is C23H18BrClN2. The van der Waals surface area contributed by atoms with Crippen LogP contribution < -0.4 is 5.32 Å². The zero-order valence-corrected chi connectivity index (χ0v) is 16.9. The smallest absolute Gasteiger partial charge is 0.0601 e. The van der Waals surface area contributed by atoms with E-state index in [0.29, 0.717) is 0 Å². The average molecular weight is 438 g/mol. The average Bonchev–Trinajstić information content (AvgIpc) is 3.08. The van der Waals surface area contributed by atoms with Crippen molar-refractivity contribution in [2.24, 2.45) is 0 Å². The highest BCUT2D eigenvalue weighted by atomic mass is 79.9. The van der Waals surface area contributed by atoms with E-state index in [4.69, 9.17) is 11.6 Å². The number of nitrogens with one attached hydrogen (secondary N) is 2. The molecule has 0 aliphatic carbocycles. The first-order valence-electron chi connectivity index (χ1n) is 9.05. The SMILES string of the molecule is Clc1ccc([C@@H]2CN[C@@H](c3ccc(Br)cc3)c3c2[nH]c2ccccc32)cc1. The van der Waals surface area contributed by atoms with E-state index in [2.05, 4.69) is 86.9 Å². The summed E-state index contributed by atoms with van der Waals surface area (Å²) >= 11 is 9.65. The molecule has 0 radical (unpaired) electrons. The summed E-state index contributed by atoms with van der Waals surface area (Å²) in [6, 6.07) is 25.5. The molecule has 0 saturated heterocycles. The van der Waals surface area contributed by atoms with Crippen LogP contribution >= 0.6 is 27.5 Å². The van der Waals surface area contributed by atoms with Crippen LogP contribution in [-0.2, 0) is 0 Å². The molecule has 1 aromatic heterocycles. The zero-order chi connectivity index (χ0) is 18.4. The van der Waals surface area contributed by atoms with Crippen molar-refractivity contribution in [3.05, 3.63) is 105 Å². The lowest BCUT2D eigenvalue weighted by Gasteiger charge is -2.31. The van der Waals surface area contributed by atoms with Gasteiger partial charge in [0.2, 0.25) is 0 Å². The van der Waals surface area contributed by atoms with Crippen LogP contribution in [0.4, 0.5) is 0 Å². The molecule has 1 aliphatic heterocycles. The quantitative estimate of drug-likeness (QED) is 0.373. The van der Waals surface area contributed by atoms with E-state index in [-0.39, 0.29) is 12.0 Å². The topological polar surface area (TPSA) is 27.8 Å². The minimum absolute atomic E-state index is 0.174. The summed E-state index contributed by atoms with van der Waals surface area (Å²) in [5.41, 5.74) is 6.38. The van der Waals surface area contributed by atoms with Gasteiger partial charge in [-0.3, -0.25) is 0 Å². The standard InChI is InChI=1S/C23H18BrClN2/c24-16-9-5-15(6-10-16)22-21-18-3-1-2-4-20(18)27-23(21)19(13-26-22)14-7-11-17(25)12-8-14/h1-12,19,22,26-27H,13H2/t19-,22-/m0/s1. The molecule has 0 fully saturated rings. The number of para-hydroxylation sites is 1. The van der Waals surface area contributed by atoms with Crippen molar-refractivity contribution in [3.63, 3.8) is 0 Å². The van der Waals surface area contributed by atoms with E-state index >= 15 is 0 Å². The van der Waals surface area contributed by atoms with Crippen molar-refractivity contribution >= 4 is 38.4 Å². The van der Waals surface area contributed by atoms with Gasteiger partial charge in [-0.05, 0) is 41.5 Å². The summed E-state index contributed by atoms with van der Waals surface area (Å²) in [4.78, 5) is 3.71. The maximum atomic E-state index is 6.10. The minimum atomic E-state index is 0.174. The second-order valence-electron chi connectivity index (χ2n) is 6.99. The maximum Gasteiger partial charge on any atom is 0.0601 e. The molecule has 4 aromatic rings. The molecule has 0 unspecified atom stereocenters. The third kappa shape index (κ3) is 3.00. The summed E-state index contributed by atoms with van der Waals surface area (Å²) in [7, 11) is 0. The lowest BCUT2D eigenvalue weighted by molar-refractivity contribution is 0.528. The summed E-state index contributed by atoms with van der Waals surface area (Å²) in [6.07, 6.45) is 0. The summed E-state index contributed by atoms with van der Waals surface area (Å²) in [6.45, 7) is 0.877. The number of aromatic nitrogens is 1. The van der Waals surface area contributed by atoms with Gasteiger partial charge in [0.1, 0.15) is 0 Å². The van der Waals surface area contributed by atoms with E-state index in [1.54, 1.807) is 0 Å². The van der Waals surface area contributed by atoms with Crippen LogP contribution in [0.5, 0.6) is 0 Å².